The first kappa shape index (κ1) is 15.4. The first-order valence-corrected chi connectivity index (χ1v) is 7.48. The molecule has 0 radical (unpaired) electrons. The number of nitrogens with one attached hydrogen (secondary N) is 1. The number of aliphatic hydroxyl groups excluding tert-OH is 1. The van der Waals surface area contributed by atoms with Gasteiger partial charge in [0.2, 0.25) is 0 Å². The molecule has 1 aliphatic rings. The number of anilines is 1. The van der Waals surface area contributed by atoms with E-state index in [1.54, 1.807) is 24.5 Å². The van der Waals surface area contributed by atoms with Crippen molar-refractivity contribution in [1.29, 1.82) is 0 Å². The molecule has 2 N–H and O–H groups in total. The Morgan fingerprint density at radius 3 is 2.52 bits per heavy atom. The van der Waals surface area contributed by atoms with Crippen LogP contribution in [0.1, 0.15) is 15.9 Å². The third kappa shape index (κ3) is 3.65. The SMILES string of the molecule is O=C(c1ccc(NCc2ccncc2)cc1)N1C[C@@H](O)[C@H](F)C1. The molecule has 2 atom stereocenters. The van der Waals surface area contributed by atoms with Gasteiger partial charge in [-0.2, -0.15) is 0 Å². The summed E-state index contributed by atoms with van der Waals surface area (Å²) in [5, 5.41) is 12.7. The van der Waals surface area contributed by atoms with Gasteiger partial charge in [0.25, 0.3) is 5.91 Å². The first-order valence-electron chi connectivity index (χ1n) is 7.48. The Hall–Kier alpha value is -2.47. The van der Waals surface area contributed by atoms with Crippen LogP contribution in [0.25, 0.3) is 0 Å². The third-order valence-electron chi connectivity index (χ3n) is 3.88. The zero-order valence-electron chi connectivity index (χ0n) is 12.5. The highest BCUT2D eigenvalue weighted by Gasteiger charge is 2.34. The van der Waals surface area contributed by atoms with E-state index in [1.165, 1.54) is 4.90 Å². The number of alkyl halides is 1. The minimum absolute atomic E-state index is 0.0437. The zero-order chi connectivity index (χ0) is 16.2. The van der Waals surface area contributed by atoms with Crippen LogP contribution < -0.4 is 5.32 Å². The second-order valence-electron chi connectivity index (χ2n) is 5.58. The molecular formula is C17H18FN3O2. The fourth-order valence-electron chi connectivity index (χ4n) is 2.53. The van der Waals surface area contributed by atoms with Gasteiger partial charge in [-0.15, -0.1) is 0 Å². The van der Waals surface area contributed by atoms with E-state index < -0.39 is 12.3 Å². The Balaban J connectivity index is 1.60. The molecule has 0 saturated carbocycles. The van der Waals surface area contributed by atoms with Crippen LogP contribution in [0.15, 0.2) is 48.8 Å². The summed E-state index contributed by atoms with van der Waals surface area (Å²) in [4.78, 5) is 17.6. The molecule has 3 rings (SSSR count). The summed E-state index contributed by atoms with van der Waals surface area (Å²) >= 11 is 0. The molecule has 23 heavy (non-hydrogen) atoms. The monoisotopic (exact) mass is 315 g/mol. The fraction of sp³-hybridized carbons (Fsp3) is 0.294. The number of nitrogens with zero attached hydrogens (tertiary/aromatic N) is 2. The summed E-state index contributed by atoms with van der Waals surface area (Å²) in [5.74, 6) is -0.259. The van der Waals surface area contributed by atoms with Crippen molar-refractivity contribution in [1.82, 2.24) is 9.88 Å². The van der Waals surface area contributed by atoms with Crippen LogP contribution in [0.4, 0.5) is 10.1 Å². The van der Waals surface area contributed by atoms with Gasteiger partial charge in [-0.05, 0) is 42.0 Å². The molecule has 0 spiro atoms. The first-order chi connectivity index (χ1) is 11.1. The average Bonchev–Trinajstić information content (AvgIpc) is 2.93. The maximum atomic E-state index is 13.3. The Morgan fingerprint density at radius 2 is 1.91 bits per heavy atom. The normalized spacial score (nSPS) is 20.5. The van der Waals surface area contributed by atoms with Crippen molar-refractivity contribution in [2.75, 3.05) is 18.4 Å². The Kier molecular flexibility index (Phi) is 4.52. The van der Waals surface area contributed by atoms with Gasteiger partial charge < -0.3 is 15.3 Å². The van der Waals surface area contributed by atoms with E-state index in [4.69, 9.17) is 0 Å². The maximum absolute atomic E-state index is 13.3. The van der Waals surface area contributed by atoms with E-state index in [-0.39, 0.29) is 19.0 Å². The molecule has 5 nitrogen and oxygen atoms in total. The van der Waals surface area contributed by atoms with Crippen LogP contribution in [-0.2, 0) is 6.54 Å². The molecule has 6 heteroatoms. The summed E-state index contributed by atoms with van der Waals surface area (Å²) < 4.78 is 13.3. The summed E-state index contributed by atoms with van der Waals surface area (Å²) in [5.41, 5.74) is 2.49. The van der Waals surface area contributed by atoms with Gasteiger partial charge in [0, 0.05) is 36.7 Å². The fourth-order valence-corrected chi connectivity index (χ4v) is 2.53. The van der Waals surface area contributed by atoms with Crippen molar-refractivity contribution in [3.8, 4) is 0 Å². The number of hydrogen-bond donors (Lipinski definition) is 2. The Bertz CT molecular complexity index is 653. The molecule has 1 aromatic carbocycles. The second kappa shape index (κ2) is 6.75. The van der Waals surface area contributed by atoms with Crippen LogP contribution in [0, 0.1) is 0 Å². The second-order valence-corrected chi connectivity index (χ2v) is 5.58. The molecule has 0 bridgehead atoms. The molecule has 2 heterocycles. The number of likely N-dealkylation sites (tertiary alicyclic amines) is 1. The van der Waals surface area contributed by atoms with Crippen molar-refractivity contribution in [2.24, 2.45) is 0 Å². The number of carbonyl (C=O) groups is 1. The van der Waals surface area contributed by atoms with Crippen molar-refractivity contribution in [2.45, 2.75) is 18.8 Å². The van der Waals surface area contributed by atoms with E-state index in [0.29, 0.717) is 12.1 Å². The minimum Gasteiger partial charge on any atom is -0.388 e. The lowest BCUT2D eigenvalue weighted by atomic mass is 10.1. The summed E-state index contributed by atoms with van der Waals surface area (Å²) in [6, 6.07) is 10.9. The van der Waals surface area contributed by atoms with Gasteiger partial charge in [0.1, 0.15) is 12.3 Å². The number of pyridine rings is 1. The molecule has 2 aromatic rings. The highest BCUT2D eigenvalue weighted by Crippen LogP contribution is 2.18. The molecule has 1 aliphatic heterocycles. The predicted octanol–water partition coefficient (Wildman–Crippen LogP) is 1.85. The Morgan fingerprint density at radius 1 is 1.22 bits per heavy atom. The lowest BCUT2D eigenvalue weighted by Gasteiger charge is -2.15. The van der Waals surface area contributed by atoms with Crippen LogP contribution in [0.3, 0.4) is 0 Å². The van der Waals surface area contributed by atoms with Crippen molar-refractivity contribution in [3.63, 3.8) is 0 Å². The van der Waals surface area contributed by atoms with E-state index in [2.05, 4.69) is 10.3 Å². The van der Waals surface area contributed by atoms with E-state index in [0.717, 1.165) is 11.3 Å². The van der Waals surface area contributed by atoms with Crippen LogP contribution in [-0.4, -0.2) is 46.3 Å². The molecular weight excluding hydrogens is 297 g/mol. The average molecular weight is 315 g/mol. The number of aromatic nitrogens is 1. The summed E-state index contributed by atoms with van der Waals surface area (Å²) in [6.07, 6.45) is 1.03. The van der Waals surface area contributed by atoms with E-state index in [1.807, 2.05) is 24.3 Å². The number of benzene rings is 1. The van der Waals surface area contributed by atoms with Crippen molar-refractivity contribution < 1.29 is 14.3 Å². The maximum Gasteiger partial charge on any atom is 0.254 e. The molecule has 0 unspecified atom stereocenters. The number of rotatable bonds is 4. The number of aliphatic hydroxyl groups is 1. The van der Waals surface area contributed by atoms with Crippen LogP contribution in [0.2, 0.25) is 0 Å². The standard InChI is InChI=1S/C17H18FN3O2/c18-15-10-21(11-16(15)22)17(23)13-1-3-14(4-2-13)20-9-12-5-7-19-8-6-12/h1-8,15-16,20,22H,9-11H2/t15-,16-/m1/s1. The lowest BCUT2D eigenvalue weighted by molar-refractivity contribution is 0.0764. The van der Waals surface area contributed by atoms with Crippen molar-refractivity contribution in [3.05, 3.63) is 59.9 Å². The molecule has 1 saturated heterocycles. The van der Waals surface area contributed by atoms with Gasteiger partial charge >= 0.3 is 0 Å². The number of hydrogen-bond acceptors (Lipinski definition) is 4. The highest BCUT2D eigenvalue weighted by atomic mass is 19.1. The van der Waals surface area contributed by atoms with Gasteiger partial charge in [-0.1, -0.05) is 0 Å². The number of β-amino-alcohol motifs (C(OH)–C–C–N with tert-alkyl or cyclic N) is 1. The summed E-state index contributed by atoms with van der Waals surface area (Å²) in [6.45, 7) is 0.655. The van der Waals surface area contributed by atoms with Gasteiger partial charge in [-0.3, -0.25) is 9.78 Å². The molecule has 1 amide bonds. The van der Waals surface area contributed by atoms with Crippen LogP contribution in [0.5, 0.6) is 0 Å². The highest BCUT2D eigenvalue weighted by molar-refractivity contribution is 5.94. The molecule has 120 valence electrons. The smallest absolute Gasteiger partial charge is 0.254 e. The quantitative estimate of drug-likeness (QED) is 0.904. The largest absolute Gasteiger partial charge is 0.388 e. The molecule has 0 aliphatic carbocycles. The summed E-state index contributed by atoms with van der Waals surface area (Å²) in [7, 11) is 0. The van der Waals surface area contributed by atoms with Gasteiger partial charge in [0.05, 0.1) is 6.54 Å². The van der Waals surface area contributed by atoms with Crippen LogP contribution >= 0.6 is 0 Å². The zero-order valence-corrected chi connectivity index (χ0v) is 12.5. The lowest BCUT2D eigenvalue weighted by Crippen LogP contribution is -2.29. The van der Waals surface area contributed by atoms with Gasteiger partial charge in [-0.25, -0.2) is 4.39 Å². The van der Waals surface area contributed by atoms with Crippen molar-refractivity contribution >= 4 is 11.6 Å². The number of carbonyl (C=O) groups excluding carboxylic acids is 1. The topological polar surface area (TPSA) is 65.5 Å². The third-order valence-corrected chi connectivity index (χ3v) is 3.88. The molecule has 1 aromatic heterocycles. The Labute approximate surface area is 133 Å². The molecule has 1 fully saturated rings. The van der Waals surface area contributed by atoms with Gasteiger partial charge in [0.15, 0.2) is 0 Å². The minimum atomic E-state index is -1.36. The van der Waals surface area contributed by atoms with E-state index >= 15 is 0 Å². The van der Waals surface area contributed by atoms with E-state index in [9.17, 15) is 14.3 Å². The predicted molar refractivity (Wildman–Crippen MR) is 84.8 cm³/mol. The number of halogens is 1. The number of amides is 1.